The molecule has 1 aliphatic rings. The first-order valence-electron chi connectivity index (χ1n) is 9.00. The summed E-state index contributed by atoms with van der Waals surface area (Å²) in [6.07, 6.45) is -0.748. The maximum Gasteiger partial charge on any atom is 0.268 e. The molecule has 0 bridgehead atoms. The molecule has 0 fully saturated rings. The van der Waals surface area contributed by atoms with Crippen molar-refractivity contribution >= 4 is 34.0 Å². The van der Waals surface area contributed by atoms with Crippen LogP contribution in [0.1, 0.15) is 6.92 Å². The number of benzene rings is 3. The van der Waals surface area contributed by atoms with Crippen molar-refractivity contribution in [1.29, 1.82) is 0 Å². The maximum atomic E-state index is 13.0. The van der Waals surface area contributed by atoms with Crippen molar-refractivity contribution in [3.63, 3.8) is 0 Å². The predicted molar refractivity (Wildman–Crippen MR) is 108 cm³/mol. The van der Waals surface area contributed by atoms with Crippen molar-refractivity contribution in [3.8, 4) is 11.5 Å². The predicted octanol–water partition coefficient (Wildman–Crippen LogP) is 3.60. The van der Waals surface area contributed by atoms with Gasteiger partial charge in [-0.1, -0.05) is 24.3 Å². The van der Waals surface area contributed by atoms with Crippen LogP contribution in [-0.4, -0.2) is 31.6 Å². The molecule has 0 saturated carbocycles. The molecule has 0 unspecified atom stereocenters. The zero-order chi connectivity index (χ0) is 19.7. The van der Waals surface area contributed by atoms with Gasteiger partial charge in [-0.2, -0.15) is 0 Å². The van der Waals surface area contributed by atoms with Gasteiger partial charge in [0.25, 0.3) is 5.91 Å². The molecule has 0 saturated heterocycles. The van der Waals surface area contributed by atoms with Gasteiger partial charge < -0.3 is 14.8 Å². The minimum atomic E-state index is -0.748. The summed E-state index contributed by atoms with van der Waals surface area (Å²) in [5.41, 5.74) is 1.29. The highest BCUT2D eigenvalue weighted by Crippen LogP contribution is 2.30. The van der Waals surface area contributed by atoms with E-state index < -0.39 is 6.10 Å². The Balaban J connectivity index is 1.57. The van der Waals surface area contributed by atoms with E-state index in [1.165, 1.54) is 4.90 Å². The summed E-state index contributed by atoms with van der Waals surface area (Å²) in [5.74, 6) is 0.839. The van der Waals surface area contributed by atoms with Crippen molar-refractivity contribution in [1.82, 2.24) is 0 Å². The van der Waals surface area contributed by atoms with E-state index in [4.69, 9.17) is 9.47 Å². The van der Waals surface area contributed by atoms with E-state index in [1.54, 1.807) is 20.1 Å². The molecule has 0 radical (unpaired) electrons. The van der Waals surface area contributed by atoms with Crippen molar-refractivity contribution in [2.45, 2.75) is 13.0 Å². The number of methoxy groups -OCH3 is 1. The van der Waals surface area contributed by atoms with Gasteiger partial charge in [0.05, 0.1) is 18.5 Å². The SMILES string of the molecule is COc1ccc2ccc(O[C@H](C)C(=O)N3CC(=O)Nc4ccccc43)cc2c1. The van der Waals surface area contributed by atoms with Gasteiger partial charge in [-0.3, -0.25) is 14.5 Å². The number of carbonyl (C=O) groups is 2. The molecule has 3 aromatic carbocycles. The van der Waals surface area contributed by atoms with E-state index in [9.17, 15) is 9.59 Å². The molecule has 4 rings (SSSR count). The normalized spacial score (nSPS) is 14.2. The molecule has 1 aliphatic heterocycles. The van der Waals surface area contributed by atoms with Crippen molar-refractivity contribution in [2.24, 2.45) is 0 Å². The number of ether oxygens (including phenoxy) is 2. The van der Waals surface area contributed by atoms with Gasteiger partial charge in [-0.15, -0.1) is 0 Å². The fourth-order valence-electron chi connectivity index (χ4n) is 3.31. The van der Waals surface area contributed by atoms with Crippen LogP contribution in [0.3, 0.4) is 0 Å². The quantitative estimate of drug-likeness (QED) is 0.755. The van der Waals surface area contributed by atoms with Crippen molar-refractivity contribution in [2.75, 3.05) is 23.9 Å². The number of hydrogen-bond acceptors (Lipinski definition) is 4. The highest BCUT2D eigenvalue weighted by atomic mass is 16.5. The molecule has 1 atom stereocenters. The second-order valence-electron chi connectivity index (χ2n) is 6.62. The lowest BCUT2D eigenvalue weighted by atomic mass is 10.1. The largest absolute Gasteiger partial charge is 0.497 e. The van der Waals surface area contributed by atoms with Crippen LogP contribution in [0.5, 0.6) is 11.5 Å². The Kier molecular flexibility index (Phi) is 4.61. The number of rotatable bonds is 4. The van der Waals surface area contributed by atoms with Crippen LogP contribution in [0.15, 0.2) is 60.7 Å². The summed E-state index contributed by atoms with van der Waals surface area (Å²) >= 11 is 0. The molecule has 0 aromatic heterocycles. The van der Waals surface area contributed by atoms with Gasteiger partial charge in [0.15, 0.2) is 6.10 Å². The molecule has 2 amide bonds. The Morgan fingerprint density at radius 1 is 1.04 bits per heavy atom. The van der Waals surface area contributed by atoms with Crippen LogP contribution in [0.25, 0.3) is 10.8 Å². The lowest BCUT2D eigenvalue weighted by Crippen LogP contribution is -2.47. The number of amides is 2. The third-order valence-electron chi connectivity index (χ3n) is 4.72. The van der Waals surface area contributed by atoms with Gasteiger partial charge in [0.1, 0.15) is 18.0 Å². The smallest absolute Gasteiger partial charge is 0.268 e. The Labute approximate surface area is 162 Å². The Hall–Kier alpha value is -3.54. The first-order chi connectivity index (χ1) is 13.5. The average Bonchev–Trinajstić information content (AvgIpc) is 2.71. The molecule has 1 heterocycles. The van der Waals surface area contributed by atoms with E-state index in [2.05, 4.69) is 5.32 Å². The summed E-state index contributed by atoms with van der Waals surface area (Å²) in [4.78, 5) is 26.4. The number of nitrogens with zero attached hydrogens (tertiary/aromatic N) is 1. The third-order valence-corrected chi connectivity index (χ3v) is 4.72. The summed E-state index contributed by atoms with van der Waals surface area (Å²) in [6, 6.07) is 18.6. The van der Waals surface area contributed by atoms with Gasteiger partial charge >= 0.3 is 0 Å². The monoisotopic (exact) mass is 376 g/mol. The van der Waals surface area contributed by atoms with Crippen LogP contribution in [0.2, 0.25) is 0 Å². The highest BCUT2D eigenvalue weighted by Gasteiger charge is 2.30. The number of para-hydroxylation sites is 2. The fraction of sp³-hybridized carbons (Fsp3) is 0.182. The van der Waals surface area contributed by atoms with Crippen LogP contribution in [0.4, 0.5) is 11.4 Å². The standard InChI is InChI=1S/C22H20N2O4/c1-14(22(26)24-13-21(25)23-19-5-3-4-6-20(19)24)28-18-10-8-15-7-9-17(27-2)11-16(15)12-18/h3-12,14H,13H2,1-2H3,(H,23,25)/t14-/m1/s1. The first kappa shape index (κ1) is 17.9. The van der Waals surface area contributed by atoms with E-state index in [0.29, 0.717) is 17.1 Å². The minimum absolute atomic E-state index is 0.0293. The van der Waals surface area contributed by atoms with Gasteiger partial charge in [0.2, 0.25) is 5.91 Å². The Bertz CT molecular complexity index is 1060. The van der Waals surface area contributed by atoms with Crippen LogP contribution in [-0.2, 0) is 9.59 Å². The van der Waals surface area contributed by atoms with E-state index in [1.807, 2.05) is 54.6 Å². The fourth-order valence-corrected chi connectivity index (χ4v) is 3.31. The second-order valence-corrected chi connectivity index (χ2v) is 6.62. The molecule has 6 heteroatoms. The average molecular weight is 376 g/mol. The molecule has 28 heavy (non-hydrogen) atoms. The third kappa shape index (κ3) is 3.36. The number of hydrogen-bond donors (Lipinski definition) is 1. The summed E-state index contributed by atoms with van der Waals surface area (Å²) < 4.78 is 11.2. The van der Waals surface area contributed by atoms with Crippen LogP contribution in [0, 0.1) is 0 Å². The summed E-state index contributed by atoms with van der Waals surface area (Å²) in [7, 11) is 1.62. The lowest BCUT2D eigenvalue weighted by Gasteiger charge is -2.31. The number of carbonyl (C=O) groups excluding carboxylic acids is 2. The van der Waals surface area contributed by atoms with Gasteiger partial charge in [-0.25, -0.2) is 0 Å². The van der Waals surface area contributed by atoms with E-state index in [-0.39, 0.29) is 18.4 Å². The zero-order valence-electron chi connectivity index (χ0n) is 15.6. The molecule has 0 spiro atoms. The molecule has 142 valence electrons. The van der Waals surface area contributed by atoms with Crippen LogP contribution >= 0.6 is 0 Å². The number of nitrogens with one attached hydrogen (secondary N) is 1. The van der Waals surface area contributed by atoms with E-state index in [0.717, 1.165) is 16.5 Å². The molecular formula is C22H20N2O4. The summed E-state index contributed by atoms with van der Waals surface area (Å²) in [6.45, 7) is 1.66. The molecule has 3 aromatic rings. The Morgan fingerprint density at radius 2 is 1.75 bits per heavy atom. The molecule has 6 nitrogen and oxygen atoms in total. The number of fused-ring (bicyclic) bond motifs is 2. The zero-order valence-corrected chi connectivity index (χ0v) is 15.6. The van der Waals surface area contributed by atoms with Crippen molar-refractivity contribution < 1.29 is 19.1 Å². The number of anilines is 2. The summed E-state index contributed by atoms with van der Waals surface area (Å²) in [5, 5.41) is 4.79. The van der Waals surface area contributed by atoms with Crippen LogP contribution < -0.4 is 19.7 Å². The second kappa shape index (κ2) is 7.23. The molecule has 0 aliphatic carbocycles. The minimum Gasteiger partial charge on any atom is -0.497 e. The van der Waals surface area contributed by atoms with E-state index >= 15 is 0 Å². The molecular weight excluding hydrogens is 356 g/mol. The Morgan fingerprint density at radius 3 is 2.54 bits per heavy atom. The topological polar surface area (TPSA) is 67.9 Å². The van der Waals surface area contributed by atoms with Crippen molar-refractivity contribution in [3.05, 3.63) is 60.7 Å². The maximum absolute atomic E-state index is 13.0. The van der Waals surface area contributed by atoms with Gasteiger partial charge in [-0.05, 0) is 54.1 Å². The molecule has 1 N–H and O–H groups in total. The first-order valence-corrected chi connectivity index (χ1v) is 9.00. The lowest BCUT2D eigenvalue weighted by molar-refractivity contribution is -0.126. The van der Waals surface area contributed by atoms with Gasteiger partial charge in [0, 0.05) is 0 Å². The highest BCUT2D eigenvalue weighted by molar-refractivity contribution is 6.10.